The Labute approximate surface area is 146 Å². The van der Waals surface area contributed by atoms with E-state index in [1.807, 2.05) is 24.3 Å². The van der Waals surface area contributed by atoms with Crippen molar-refractivity contribution in [3.63, 3.8) is 0 Å². The molecule has 2 N–H and O–H groups in total. The Kier molecular flexibility index (Phi) is 4.81. The number of rotatable bonds is 4. The van der Waals surface area contributed by atoms with Gasteiger partial charge >= 0.3 is 0 Å². The summed E-state index contributed by atoms with van der Waals surface area (Å²) in [6.45, 7) is 0. The van der Waals surface area contributed by atoms with E-state index in [4.69, 9.17) is 0 Å². The Morgan fingerprint density at radius 2 is 1.75 bits per heavy atom. The molecule has 120 valence electrons. The zero-order chi connectivity index (χ0) is 16.9. The van der Waals surface area contributed by atoms with Gasteiger partial charge in [-0.05, 0) is 48.5 Å². The number of hydrogen-bond acceptors (Lipinski definition) is 4. The monoisotopic (exact) mass is 386 g/mol. The topological polar surface area (TPSA) is 66.9 Å². The van der Waals surface area contributed by atoms with Crippen LogP contribution in [0.2, 0.25) is 0 Å². The molecule has 0 atom stereocenters. The van der Waals surface area contributed by atoms with Gasteiger partial charge in [-0.15, -0.1) is 10.2 Å². The Bertz CT molecular complexity index is 870. The average molecular weight is 387 g/mol. The molecule has 3 aromatic rings. The molecule has 0 saturated carbocycles. The molecule has 0 aliphatic carbocycles. The molecular formula is C17H12BrFN4O. The fourth-order valence-corrected chi connectivity index (χ4v) is 2.39. The van der Waals surface area contributed by atoms with Gasteiger partial charge in [-0.2, -0.15) is 0 Å². The predicted octanol–water partition coefficient (Wildman–Crippen LogP) is 4.37. The van der Waals surface area contributed by atoms with Gasteiger partial charge in [0, 0.05) is 15.8 Å². The molecule has 1 amide bonds. The highest BCUT2D eigenvalue weighted by Gasteiger charge is 2.09. The van der Waals surface area contributed by atoms with E-state index >= 15 is 0 Å². The summed E-state index contributed by atoms with van der Waals surface area (Å²) in [6.07, 6.45) is 0. The van der Waals surface area contributed by atoms with Crippen LogP contribution in [0.25, 0.3) is 0 Å². The zero-order valence-corrected chi connectivity index (χ0v) is 13.9. The lowest BCUT2D eigenvalue weighted by Gasteiger charge is -2.07. The van der Waals surface area contributed by atoms with E-state index in [-0.39, 0.29) is 5.69 Å². The van der Waals surface area contributed by atoms with Crippen molar-refractivity contribution < 1.29 is 9.18 Å². The normalized spacial score (nSPS) is 10.2. The summed E-state index contributed by atoms with van der Waals surface area (Å²) in [7, 11) is 0. The quantitative estimate of drug-likeness (QED) is 0.698. The SMILES string of the molecule is O=C(Nc1cccc(F)c1)c1ccc(Nc2cccc(Br)c2)nn1. The van der Waals surface area contributed by atoms with E-state index in [9.17, 15) is 9.18 Å². The third-order valence-electron chi connectivity index (χ3n) is 3.08. The molecule has 0 aliphatic rings. The molecule has 2 aromatic carbocycles. The lowest BCUT2D eigenvalue weighted by atomic mass is 10.3. The first-order chi connectivity index (χ1) is 11.6. The fourth-order valence-electron chi connectivity index (χ4n) is 2.00. The molecule has 0 spiro atoms. The summed E-state index contributed by atoms with van der Waals surface area (Å²) >= 11 is 3.39. The molecule has 1 aromatic heterocycles. The number of carbonyl (C=O) groups is 1. The van der Waals surface area contributed by atoms with Crippen LogP contribution >= 0.6 is 15.9 Å². The molecule has 5 nitrogen and oxygen atoms in total. The first-order valence-corrected chi connectivity index (χ1v) is 7.83. The number of amides is 1. The van der Waals surface area contributed by atoms with E-state index in [1.54, 1.807) is 18.2 Å². The summed E-state index contributed by atoms with van der Waals surface area (Å²) in [6, 6.07) is 16.4. The third kappa shape index (κ3) is 4.14. The predicted molar refractivity (Wildman–Crippen MR) is 93.8 cm³/mol. The molecule has 3 rings (SSSR count). The average Bonchev–Trinajstić information content (AvgIpc) is 2.55. The number of hydrogen-bond donors (Lipinski definition) is 2. The van der Waals surface area contributed by atoms with Crippen LogP contribution in [-0.2, 0) is 0 Å². The van der Waals surface area contributed by atoms with Gasteiger partial charge in [0.05, 0.1) is 0 Å². The fraction of sp³-hybridized carbons (Fsp3) is 0. The van der Waals surface area contributed by atoms with Crippen LogP contribution in [0.15, 0.2) is 65.1 Å². The van der Waals surface area contributed by atoms with E-state index in [0.29, 0.717) is 11.5 Å². The highest BCUT2D eigenvalue weighted by atomic mass is 79.9. The molecular weight excluding hydrogens is 375 g/mol. The maximum absolute atomic E-state index is 13.1. The van der Waals surface area contributed by atoms with Gasteiger partial charge in [-0.3, -0.25) is 4.79 Å². The van der Waals surface area contributed by atoms with Crippen LogP contribution in [0, 0.1) is 5.82 Å². The van der Waals surface area contributed by atoms with Crippen LogP contribution in [0.4, 0.5) is 21.6 Å². The van der Waals surface area contributed by atoms with Gasteiger partial charge < -0.3 is 10.6 Å². The highest BCUT2D eigenvalue weighted by molar-refractivity contribution is 9.10. The minimum absolute atomic E-state index is 0.138. The first-order valence-electron chi connectivity index (χ1n) is 7.03. The minimum Gasteiger partial charge on any atom is -0.339 e. The summed E-state index contributed by atoms with van der Waals surface area (Å²) in [5, 5.41) is 13.5. The number of nitrogens with zero attached hydrogens (tertiary/aromatic N) is 2. The van der Waals surface area contributed by atoms with E-state index in [1.165, 1.54) is 18.2 Å². The zero-order valence-electron chi connectivity index (χ0n) is 12.3. The molecule has 24 heavy (non-hydrogen) atoms. The molecule has 0 radical (unpaired) electrons. The van der Waals surface area contributed by atoms with Crippen molar-refractivity contribution in [2.75, 3.05) is 10.6 Å². The van der Waals surface area contributed by atoms with Gasteiger partial charge in [0.15, 0.2) is 11.5 Å². The Morgan fingerprint density at radius 1 is 0.958 bits per heavy atom. The molecule has 7 heteroatoms. The van der Waals surface area contributed by atoms with Crippen LogP contribution < -0.4 is 10.6 Å². The number of halogens is 2. The lowest BCUT2D eigenvalue weighted by Crippen LogP contribution is -2.14. The van der Waals surface area contributed by atoms with E-state index < -0.39 is 11.7 Å². The number of carbonyl (C=O) groups excluding carboxylic acids is 1. The number of aromatic nitrogens is 2. The van der Waals surface area contributed by atoms with Crippen LogP contribution in [0.3, 0.4) is 0 Å². The van der Waals surface area contributed by atoms with Crippen LogP contribution in [-0.4, -0.2) is 16.1 Å². The second kappa shape index (κ2) is 7.18. The Morgan fingerprint density at radius 3 is 2.46 bits per heavy atom. The highest BCUT2D eigenvalue weighted by Crippen LogP contribution is 2.19. The van der Waals surface area contributed by atoms with Crippen LogP contribution in [0.5, 0.6) is 0 Å². The Balaban J connectivity index is 1.68. The van der Waals surface area contributed by atoms with Crippen molar-refractivity contribution in [1.29, 1.82) is 0 Å². The second-order valence-corrected chi connectivity index (χ2v) is 5.82. The molecule has 0 fully saturated rings. The standard InChI is InChI=1S/C17H12BrFN4O/c18-11-3-1-5-13(9-11)20-16-8-7-15(22-23-16)17(24)21-14-6-2-4-12(19)10-14/h1-10H,(H,20,23)(H,21,24). The van der Waals surface area contributed by atoms with Crippen molar-refractivity contribution in [2.45, 2.75) is 0 Å². The number of anilines is 3. The van der Waals surface area contributed by atoms with Gasteiger partial charge in [0.25, 0.3) is 5.91 Å². The van der Waals surface area contributed by atoms with Crippen molar-refractivity contribution in [3.05, 3.63) is 76.6 Å². The molecule has 0 unspecified atom stereocenters. The van der Waals surface area contributed by atoms with Crippen molar-refractivity contribution in [1.82, 2.24) is 10.2 Å². The summed E-state index contributed by atoms with van der Waals surface area (Å²) in [4.78, 5) is 12.1. The molecule has 0 bridgehead atoms. The molecule has 0 aliphatic heterocycles. The number of benzene rings is 2. The molecule has 1 heterocycles. The number of nitrogens with one attached hydrogen (secondary N) is 2. The largest absolute Gasteiger partial charge is 0.339 e. The minimum atomic E-state index is -0.456. The Hall–Kier alpha value is -2.80. The maximum Gasteiger partial charge on any atom is 0.276 e. The van der Waals surface area contributed by atoms with Gasteiger partial charge in [-0.1, -0.05) is 28.1 Å². The third-order valence-corrected chi connectivity index (χ3v) is 3.57. The second-order valence-electron chi connectivity index (χ2n) is 4.90. The summed E-state index contributed by atoms with van der Waals surface area (Å²) in [5.74, 6) is -0.370. The molecule has 0 saturated heterocycles. The van der Waals surface area contributed by atoms with Crippen molar-refractivity contribution >= 4 is 39.0 Å². The van der Waals surface area contributed by atoms with Gasteiger partial charge in [-0.25, -0.2) is 4.39 Å². The van der Waals surface area contributed by atoms with E-state index in [0.717, 1.165) is 10.2 Å². The van der Waals surface area contributed by atoms with Crippen molar-refractivity contribution in [3.8, 4) is 0 Å². The van der Waals surface area contributed by atoms with Gasteiger partial charge in [0.2, 0.25) is 0 Å². The maximum atomic E-state index is 13.1. The van der Waals surface area contributed by atoms with E-state index in [2.05, 4.69) is 36.8 Å². The first kappa shape index (κ1) is 16.1. The van der Waals surface area contributed by atoms with Crippen LogP contribution in [0.1, 0.15) is 10.5 Å². The van der Waals surface area contributed by atoms with Gasteiger partial charge in [0.1, 0.15) is 5.82 Å². The summed E-state index contributed by atoms with van der Waals surface area (Å²) in [5.41, 5.74) is 1.34. The lowest BCUT2D eigenvalue weighted by molar-refractivity contribution is 0.102. The summed E-state index contributed by atoms with van der Waals surface area (Å²) < 4.78 is 14.1. The van der Waals surface area contributed by atoms with Crippen molar-refractivity contribution in [2.24, 2.45) is 0 Å². The smallest absolute Gasteiger partial charge is 0.276 e.